The number of aromatic amines is 4. The normalized spacial score (nSPS) is 26.6. The molecule has 102 heavy (non-hydrogen) atoms. The van der Waals surface area contributed by atoms with E-state index < -0.39 is 11.6 Å². The Morgan fingerprint density at radius 1 is 0.480 bits per heavy atom. The smallest absolute Gasteiger partial charge is 0.320 e. The molecule has 8 amide bonds. The molecule has 8 atom stereocenters. The van der Waals surface area contributed by atoms with Crippen LogP contribution in [0.1, 0.15) is 176 Å². The van der Waals surface area contributed by atoms with Crippen LogP contribution in [0.2, 0.25) is 5.15 Å². The quantitative estimate of drug-likeness (QED) is 0.0672. The number of fused-ring (bicyclic) bond motifs is 8. The Bertz CT molecular complexity index is 4350. The fraction of sp³-hybridized carbons (Fsp3) is 0.487. The lowest BCUT2D eigenvalue weighted by molar-refractivity contribution is 0.205. The second-order valence-corrected chi connectivity index (χ2v) is 32.9. The van der Waals surface area contributed by atoms with Gasteiger partial charge in [0.25, 0.3) is 0 Å². The van der Waals surface area contributed by atoms with Crippen molar-refractivity contribution in [1.82, 2.24) is 65.4 Å². The highest BCUT2D eigenvalue weighted by Gasteiger charge is 2.63. The van der Waals surface area contributed by atoms with Crippen LogP contribution < -0.4 is 21.3 Å². The third kappa shape index (κ3) is 12.3. The molecule has 26 heteroatoms. The summed E-state index contributed by atoms with van der Waals surface area (Å²) in [6.45, 7) is 7.05. The van der Waals surface area contributed by atoms with Crippen LogP contribution in [-0.2, 0) is 73.5 Å². The Balaban J connectivity index is 0.000000101. The number of pyridine rings is 1. The van der Waals surface area contributed by atoms with Crippen molar-refractivity contribution in [2.75, 3.05) is 47.4 Å². The Labute approximate surface area is 612 Å². The van der Waals surface area contributed by atoms with E-state index in [9.17, 15) is 28.0 Å². The second kappa shape index (κ2) is 26.5. The second-order valence-electron chi connectivity index (χ2n) is 30.8. The van der Waals surface area contributed by atoms with Crippen molar-refractivity contribution in [2.45, 2.75) is 183 Å². The summed E-state index contributed by atoms with van der Waals surface area (Å²) >= 11 is 12.3. The SMILES string of the molecule is Cc1cccc(NC(=O)N2CCc3[nH]nc(C45CCCC4C5)c3C2)c1.O=C(Nc1cccc(Br)c1)N1CCc2[nH]nc(C34CCCC3C4)c2C1.O=C(Nc1cccc(Br)c1F)N1CCc2[nH]nc(C34CCCC3C4)c2C1.O=C(Nc1ccnc(Cl)c1F)N1CCc2[nH]nc(C34CCCC3C4)c2C1. The van der Waals surface area contributed by atoms with Crippen molar-refractivity contribution >= 4 is 90.3 Å². The Kier molecular flexibility index (Phi) is 17.4. The highest BCUT2D eigenvalue weighted by molar-refractivity contribution is 9.10. The minimum atomic E-state index is -0.713. The zero-order chi connectivity index (χ0) is 69.8. The van der Waals surface area contributed by atoms with Gasteiger partial charge in [-0.3, -0.25) is 20.4 Å². The largest absolute Gasteiger partial charge is 0.322 e. The van der Waals surface area contributed by atoms with Crippen molar-refractivity contribution in [3.05, 3.63) is 178 Å². The molecule has 8 fully saturated rings. The minimum Gasteiger partial charge on any atom is -0.320 e. The number of hydrogen-bond donors (Lipinski definition) is 8. The van der Waals surface area contributed by atoms with E-state index in [-0.39, 0.29) is 51.5 Å². The van der Waals surface area contributed by atoms with E-state index in [0.29, 0.717) is 54.6 Å². The van der Waals surface area contributed by atoms with Crippen LogP contribution in [0.5, 0.6) is 0 Å². The lowest BCUT2D eigenvalue weighted by Gasteiger charge is -2.28. The third-order valence-electron chi connectivity index (χ3n) is 25.0. The molecule has 532 valence electrons. The molecule has 8 N–H and O–H groups in total. The molecule has 5 aromatic heterocycles. The molecule has 8 aliphatic carbocycles. The van der Waals surface area contributed by atoms with Crippen molar-refractivity contribution in [2.24, 2.45) is 23.7 Å². The van der Waals surface area contributed by atoms with Crippen LogP contribution in [0.25, 0.3) is 0 Å². The predicted molar refractivity (Wildman–Crippen MR) is 390 cm³/mol. The van der Waals surface area contributed by atoms with E-state index in [0.717, 1.165) is 107 Å². The number of rotatable bonds is 8. The average Bonchev–Trinajstić information content (AvgIpc) is 1.57. The van der Waals surface area contributed by atoms with Gasteiger partial charge in [-0.1, -0.05) is 77.5 Å². The predicted octanol–water partition coefficient (Wildman–Crippen LogP) is 15.9. The van der Waals surface area contributed by atoms with E-state index in [4.69, 9.17) is 21.8 Å². The van der Waals surface area contributed by atoms with Gasteiger partial charge in [0.2, 0.25) is 0 Å². The van der Waals surface area contributed by atoms with Gasteiger partial charge in [0, 0.05) is 141 Å². The number of hydrogen-bond acceptors (Lipinski definition) is 9. The number of nitrogens with zero attached hydrogens (tertiary/aromatic N) is 9. The van der Waals surface area contributed by atoms with Crippen LogP contribution >= 0.6 is 43.5 Å². The minimum absolute atomic E-state index is 0.0142. The molecule has 20 rings (SSSR count). The van der Waals surface area contributed by atoms with Gasteiger partial charge in [0.1, 0.15) is 0 Å². The molecule has 0 bridgehead atoms. The number of amides is 8. The third-order valence-corrected chi connectivity index (χ3v) is 26.4. The average molecular weight is 1530 g/mol. The van der Waals surface area contributed by atoms with Gasteiger partial charge in [0.05, 0.1) is 64.8 Å². The monoisotopic (exact) mass is 1530 g/mol. The fourth-order valence-corrected chi connectivity index (χ4v) is 20.2. The van der Waals surface area contributed by atoms with E-state index in [1.54, 1.807) is 28.0 Å². The molecular formula is C76H84Br2ClF2N17O4. The van der Waals surface area contributed by atoms with E-state index in [1.807, 2.05) is 65.3 Å². The zero-order valence-electron chi connectivity index (χ0n) is 57.2. The molecule has 8 unspecified atom stereocenters. The van der Waals surface area contributed by atoms with Gasteiger partial charge >= 0.3 is 24.1 Å². The van der Waals surface area contributed by atoms with Gasteiger partial charge in [-0.05, 0) is 178 Å². The summed E-state index contributed by atoms with van der Waals surface area (Å²) in [5, 5.41) is 42.7. The summed E-state index contributed by atoms with van der Waals surface area (Å²) in [5.74, 6) is 2.02. The number of benzene rings is 3. The molecule has 3 aromatic carbocycles. The van der Waals surface area contributed by atoms with Gasteiger partial charge in [-0.15, -0.1) is 0 Å². The molecule has 8 aromatic rings. The van der Waals surface area contributed by atoms with E-state index >= 15 is 0 Å². The van der Waals surface area contributed by atoms with Crippen molar-refractivity contribution in [3.63, 3.8) is 0 Å². The maximum atomic E-state index is 14.1. The highest BCUT2D eigenvalue weighted by atomic mass is 79.9. The number of urea groups is 4. The lowest BCUT2D eigenvalue weighted by atomic mass is 9.92. The lowest BCUT2D eigenvalue weighted by Crippen LogP contribution is -2.39. The van der Waals surface area contributed by atoms with Crippen LogP contribution in [0.15, 0.2) is 87.9 Å². The number of aryl methyl sites for hydroxylation is 1. The fourth-order valence-electron chi connectivity index (χ4n) is 19.3. The first-order chi connectivity index (χ1) is 49.5. The summed E-state index contributed by atoms with van der Waals surface area (Å²) in [6, 6.07) is 21.3. The van der Waals surface area contributed by atoms with Crippen LogP contribution in [0.3, 0.4) is 0 Å². The highest BCUT2D eigenvalue weighted by Crippen LogP contribution is 2.68. The number of anilines is 4. The Morgan fingerprint density at radius 2 is 0.843 bits per heavy atom. The van der Waals surface area contributed by atoms with Crippen molar-refractivity contribution in [1.29, 1.82) is 0 Å². The summed E-state index contributed by atoms with van der Waals surface area (Å²) in [6.07, 6.45) is 25.0. The van der Waals surface area contributed by atoms with Gasteiger partial charge in [-0.25, -0.2) is 32.9 Å². The maximum absolute atomic E-state index is 14.1. The first-order valence-corrected chi connectivity index (χ1v) is 38.5. The first-order valence-electron chi connectivity index (χ1n) is 36.5. The summed E-state index contributed by atoms with van der Waals surface area (Å²) in [4.78, 5) is 61.7. The Morgan fingerprint density at radius 3 is 1.21 bits per heavy atom. The summed E-state index contributed by atoms with van der Waals surface area (Å²) in [5.41, 5.74) is 18.8. The van der Waals surface area contributed by atoms with E-state index in [1.165, 1.54) is 160 Å². The molecule has 0 saturated heterocycles. The summed E-state index contributed by atoms with van der Waals surface area (Å²) < 4.78 is 29.5. The molecule has 12 aliphatic rings. The van der Waals surface area contributed by atoms with Crippen molar-refractivity contribution in [3.8, 4) is 0 Å². The molecular weight excluding hydrogens is 1450 g/mol. The number of carbonyl (C=O) groups is 4. The number of nitrogens with one attached hydrogen (secondary N) is 8. The van der Waals surface area contributed by atoms with Gasteiger partial charge in [0.15, 0.2) is 16.8 Å². The first kappa shape index (κ1) is 67.0. The van der Waals surface area contributed by atoms with Crippen LogP contribution in [-0.4, -0.2) is 116 Å². The van der Waals surface area contributed by atoms with Gasteiger partial charge < -0.3 is 40.9 Å². The summed E-state index contributed by atoms with van der Waals surface area (Å²) in [7, 11) is 0. The van der Waals surface area contributed by atoms with Crippen molar-refractivity contribution < 1.29 is 28.0 Å². The topological polar surface area (TPSA) is 257 Å². The maximum Gasteiger partial charge on any atom is 0.322 e. The zero-order valence-corrected chi connectivity index (χ0v) is 61.1. The van der Waals surface area contributed by atoms with E-state index in [2.05, 4.69) is 88.7 Å². The van der Waals surface area contributed by atoms with Crippen LogP contribution in [0, 0.1) is 42.2 Å². The number of aromatic nitrogens is 9. The molecule has 8 saturated carbocycles. The molecule has 0 radical (unpaired) electrons. The molecule has 9 heterocycles. The van der Waals surface area contributed by atoms with Crippen LogP contribution in [0.4, 0.5) is 50.7 Å². The Hall–Kier alpha value is -8.16. The molecule has 4 aliphatic heterocycles. The standard InChI is InChI=1S/C20H24N4O.C19H20BrFN4O.C19H21BrN4O.C18H19ClFN5O/c1-13-4-2-6-15(10-13)21-19(25)24-9-7-17-16(12-24)18(23-22-17)20-8-3-5-14(20)11-20;20-13-4-1-5-15(16(13)21)22-18(26)25-8-6-14-12(10-25)17(24-23-14)19-7-2-3-11(19)9-19;20-13-4-1-5-14(9-13)21-18(25)24-8-6-16-15(11-24)17(23-22-16)19-7-2-3-12(19)10-19;19-16-14(20)13(3-6-21-16)22-17(26)25-7-4-12-11(9-25)15(24-23-12)18-5-1-2-10(18)8-18/h2,4,6,10,14H,3,5,7-9,11-12H2,1H3,(H,21,25)(H,22,23);1,4-5,11H,2-3,6-10H2,(H,22,26)(H,23,24);1,4-5,9,12H,2-3,6-8,10-11H2,(H,21,25)(H,22,23);3,6,10H,1-2,4-5,7-9H2,(H,23,24)(H,21,22,26). The number of carbonyl (C=O) groups excluding carboxylic acids is 4. The molecule has 0 spiro atoms. The number of H-pyrrole nitrogens is 4. The van der Waals surface area contributed by atoms with Gasteiger partial charge in [-0.2, -0.15) is 20.4 Å². The number of halogens is 5. The molecule has 21 nitrogen and oxygen atoms in total.